The molecule has 0 aliphatic heterocycles. The molecule has 0 radical (unpaired) electrons. The van der Waals surface area contributed by atoms with Gasteiger partial charge in [0.1, 0.15) is 10.1 Å². The lowest BCUT2D eigenvalue weighted by atomic mass is 10.2. The summed E-state index contributed by atoms with van der Waals surface area (Å²) in [6, 6.07) is 1.90. The van der Waals surface area contributed by atoms with E-state index in [1.807, 2.05) is 24.6 Å². The molecule has 1 unspecified atom stereocenters. The van der Waals surface area contributed by atoms with Crippen LogP contribution in [0.1, 0.15) is 12.2 Å². The van der Waals surface area contributed by atoms with Crippen LogP contribution in [0.2, 0.25) is 0 Å². The van der Waals surface area contributed by atoms with Gasteiger partial charge in [-0.2, -0.15) is 0 Å². The Kier molecular flexibility index (Phi) is 3.31. The number of hydrogen-bond donors (Lipinski definition) is 0. The molecule has 102 valence electrons. The zero-order valence-corrected chi connectivity index (χ0v) is 12.9. The van der Waals surface area contributed by atoms with Crippen molar-refractivity contribution in [1.82, 2.24) is 14.8 Å². The summed E-state index contributed by atoms with van der Waals surface area (Å²) in [5.74, 6) is 2.86. The van der Waals surface area contributed by atoms with Crippen LogP contribution < -0.4 is 0 Å². The average Bonchev–Trinajstić information content (AvgIpc) is 2.69. The van der Waals surface area contributed by atoms with Gasteiger partial charge < -0.3 is 8.98 Å². The number of aromatic nitrogens is 3. The minimum Gasteiger partial charge on any atom is -0.469 e. The fourth-order valence-corrected chi connectivity index (χ4v) is 3.76. The molecule has 0 aromatic carbocycles. The molecule has 1 aliphatic carbocycles. The van der Waals surface area contributed by atoms with E-state index in [1.165, 1.54) is 0 Å². The molecule has 1 atom stereocenters. The van der Waals surface area contributed by atoms with E-state index in [2.05, 4.69) is 10.2 Å². The van der Waals surface area contributed by atoms with Gasteiger partial charge in [-0.1, -0.05) is 11.8 Å². The van der Waals surface area contributed by atoms with Crippen molar-refractivity contribution in [3.8, 4) is 11.4 Å². The topological polar surface area (TPSA) is 43.9 Å². The molecule has 0 N–H and O–H groups in total. The lowest BCUT2D eigenvalue weighted by Crippen LogP contribution is -1.98. The zero-order valence-electron chi connectivity index (χ0n) is 10.6. The molecule has 0 bridgehead atoms. The molecule has 0 spiro atoms. The molecule has 1 saturated carbocycles. The van der Waals surface area contributed by atoms with Gasteiger partial charge >= 0.3 is 0 Å². The van der Waals surface area contributed by atoms with Crippen molar-refractivity contribution in [2.45, 2.75) is 22.8 Å². The highest BCUT2D eigenvalue weighted by molar-refractivity contribution is 7.99. The second-order valence-corrected chi connectivity index (χ2v) is 7.26. The molecule has 0 amide bonds. The fraction of sp³-hybridized carbons (Fsp3) is 0.500. The summed E-state index contributed by atoms with van der Waals surface area (Å²) in [6.45, 7) is 1.91. The maximum Gasteiger partial charge on any atom is 0.191 e. The third-order valence-electron chi connectivity index (χ3n) is 3.30. The van der Waals surface area contributed by atoms with Gasteiger partial charge in [-0.25, -0.2) is 0 Å². The van der Waals surface area contributed by atoms with Gasteiger partial charge in [0.15, 0.2) is 11.0 Å². The second-order valence-electron chi connectivity index (χ2n) is 4.73. The first-order valence-corrected chi connectivity index (χ1v) is 7.67. The molecule has 19 heavy (non-hydrogen) atoms. The van der Waals surface area contributed by atoms with E-state index in [0.717, 1.165) is 34.5 Å². The lowest BCUT2D eigenvalue weighted by Gasteiger charge is -2.03. The first-order valence-electron chi connectivity index (χ1n) is 5.93. The van der Waals surface area contributed by atoms with E-state index in [-0.39, 0.29) is 0 Å². The van der Waals surface area contributed by atoms with Gasteiger partial charge in [0.2, 0.25) is 0 Å². The highest BCUT2D eigenvalue weighted by atomic mass is 35.5. The first-order chi connectivity index (χ1) is 8.99. The Hall–Kier alpha value is -0.650. The van der Waals surface area contributed by atoms with Crippen molar-refractivity contribution >= 4 is 35.0 Å². The maximum absolute atomic E-state index is 6.02. The lowest BCUT2D eigenvalue weighted by molar-refractivity contribution is 0.534. The van der Waals surface area contributed by atoms with Crippen LogP contribution in [0.25, 0.3) is 11.4 Å². The predicted molar refractivity (Wildman–Crippen MR) is 76.7 cm³/mol. The van der Waals surface area contributed by atoms with Gasteiger partial charge in [0.25, 0.3) is 0 Å². The Morgan fingerprint density at radius 3 is 2.84 bits per heavy atom. The molecular weight excluding hydrogens is 305 g/mol. The third kappa shape index (κ3) is 2.51. The van der Waals surface area contributed by atoms with E-state index < -0.39 is 4.33 Å². The van der Waals surface area contributed by atoms with E-state index in [0.29, 0.717) is 5.92 Å². The smallest absolute Gasteiger partial charge is 0.191 e. The van der Waals surface area contributed by atoms with Crippen LogP contribution in [0.3, 0.4) is 0 Å². The van der Waals surface area contributed by atoms with Gasteiger partial charge in [-0.05, 0) is 19.4 Å². The predicted octanol–water partition coefficient (Wildman–Crippen LogP) is 3.67. The van der Waals surface area contributed by atoms with Gasteiger partial charge in [0, 0.05) is 18.7 Å². The first kappa shape index (κ1) is 13.3. The second kappa shape index (κ2) is 4.72. The van der Waals surface area contributed by atoms with Crippen LogP contribution in [0, 0.1) is 12.8 Å². The quantitative estimate of drug-likeness (QED) is 0.637. The molecule has 4 nitrogen and oxygen atoms in total. The van der Waals surface area contributed by atoms with Crippen molar-refractivity contribution in [3.63, 3.8) is 0 Å². The number of nitrogens with zero attached hydrogens (tertiary/aromatic N) is 3. The minimum absolute atomic E-state index is 0.344. The molecule has 2 aromatic rings. The van der Waals surface area contributed by atoms with Crippen molar-refractivity contribution in [2.75, 3.05) is 5.75 Å². The van der Waals surface area contributed by atoms with Crippen molar-refractivity contribution < 1.29 is 4.42 Å². The summed E-state index contributed by atoms with van der Waals surface area (Å²) in [6.07, 6.45) is 2.51. The van der Waals surface area contributed by atoms with Gasteiger partial charge in [0.05, 0.1) is 11.8 Å². The van der Waals surface area contributed by atoms with Crippen molar-refractivity contribution in [3.05, 3.63) is 18.1 Å². The highest BCUT2D eigenvalue weighted by Gasteiger charge is 2.51. The summed E-state index contributed by atoms with van der Waals surface area (Å²) in [5, 5.41) is 9.30. The Balaban J connectivity index is 1.74. The van der Waals surface area contributed by atoms with E-state index in [1.54, 1.807) is 18.0 Å². The number of hydrogen-bond acceptors (Lipinski definition) is 4. The number of alkyl halides is 2. The number of halogens is 2. The van der Waals surface area contributed by atoms with E-state index >= 15 is 0 Å². The maximum atomic E-state index is 6.02. The molecular formula is C12H13Cl2N3OS. The van der Waals surface area contributed by atoms with Crippen LogP contribution in [-0.2, 0) is 7.05 Å². The van der Waals surface area contributed by atoms with Gasteiger partial charge in [-0.15, -0.1) is 33.4 Å². The fourth-order valence-electron chi connectivity index (χ4n) is 1.92. The summed E-state index contributed by atoms with van der Waals surface area (Å²) in [7, 11) is 1.95. The SMILES string of the molecule is Cc1occc1-c1nnc(SCC2CC2(Cl)Cl)n1C. The molecule has 2 aromatic heterocycles. The molecule has 0 saturated heterocycles. The number of rotatable bonds is 4. The van der Waals surface area contributed by atoms with Crippen LogP contribution in [0.4, 0.5) is 0 Å². The third-order valence-corrected chi connectivity index (χ3v) is 5.41. The minimum atomic E-state index is -0.532. The Labute approximate surface area is 125 Å². The number of aryl methyl sites for hydroxylation is 1. The van der Waals surface area contributed by atoms with E-state index in [9.17, 15) is 0 Å². The van der Waals surface area contributed by atoms with E-state index in [4.69, 9.17) is 27.6 Å². The molecule has 3 rings (SSSR count). The number of furan rings is 1. The summed E-state index contributed by atoms with van der Waals surface area (Å²) < 4.78 is 6.73. The standard InChI is InChI=1S/C12H13Cl2N3OS/c1-7-9(3-4-18-7)10-15-16-11(17(10)2)19-6-8-5-12(8,13)14/h3-4,8H,5-6H2,1-2H3. The average molecular weight is 318 g/mol. The summed E-state index contributed by atoms with van der Waals surface area (Å²) >= 11 is 13.7. The molecule has 1 fully saturated rings. The van der Waals surface area contributed by atoms with Crippen LogP contribution >= 0.6 is 35.0 Å². The van der Waals surface area contributed by atoms with Crippen LogP contribution in [0.5, 0.6) is 0 Å². The molecule has 2 heterocycles. The zero-order chi connectivity index (χ0) is 13.6. The Bertz CT molecular complexity index is 608. The normalized spacial score (nSPS) is 20.7. The largest absolute Gasteiger partial charge is 0.469 e. The summed E-state index contributed by atoms with van der Waals surface area (Å²) in [4.78, 5) is 0. The number of thioether (sulfide) groups is 1. The molecule has 1 aliphatic rings. The van der Waals surface area contributed by atoms with Crippen LogP contribution in [-0.4, -0.2) is 24.9 Å². The Morgan fingerprint density at radius 1 is 1.53 bits per heavy atom. The highest BCUT2D eigenvalue weighted by Crippen LogP contribution is 2.54. The van der Waals surface area contributed by atoms with Crippen molar-refractivity contribution in [1.29, 1.82) is 0 Å². The monoisotopic (exact) mass is 317 g/mol. The van der Waals surface area contributed by atoms with Crippen molar-refractivity contribution in [2.24, 2.45) is 13.0 Å². The molecule has 7 heteroatoms. The van der Waals surface area contributed by atoms with Gasteiger partial charge in [-0.3, -0.25) is 0 Å². The summed E-state index contributed by atoms with van der Waals surface area (Å²) in [5.41, 5.74) is 0.970. The van der Waals surface area contributed by atoms with Crippen LogP contribution in [0.15, 0.2) is 21.9 Å². The Morgan fingerprint density at radius 2 is 2.26 bits per heavy atom.